The molecule has 114 valence electrons. The van der Waals surface area contributed by atoms with Crippen molar-refractivity contribution in [2.24, 2.45) is 11.7 Å². The van der Waals surface area contributed by atoms with Crippen LogP contribution in [-0.4, -0.2) is 34.4 Å². The van der Waals surface area contributed by atoms with E-state index in [9.17, 15) is 8.42 Å². The molecule has 0 aliphatic carbocycles. The van der Waals surface area contributed by atoms with Crippen LogP contribution >= 0.6 is 0 Å². The zero-order valence-electron chi connectivity index (χ0n) is 12.4. The molecule has 0 aliphatic heterocycles. The lowest BCUT2D eigenvalue weighted by molar-refractivity contribution is 0.415. The first-order valence-electron chi connectivity index (χ1n) is 6.76. The first-order valence-corrected chi connectivity index (χ1v) is 8.36. The van der Waals surface area contributed by atoms with Crippen LogP contribution in [0.3, 0.4) is 0 Å². The van der Waals surface area contributed by atoms with Gasteiger partial charge in [0.25, 0.3) is 0 Å². The third-order valence-electron chi connectivity index (χ3n) is 2.80. The fourth-order valence-corrected chi connectivity index (χ4v) is 3.87. The summed E-state index contributed by atoms with van der Waals surface area (Å²) < 4.78 is 31.8. The van der Waals surface area contributed by atoms with Crippen molar-refractivity contribution in [2.75, 3.05) is 30.3 Å². The van der Waals surface area contributed by atoms with Crippen molar-refractivity contribution in [1.29, 1.82) is 0 Å². The van der Waals surface area contributed by atoms with Gasteiger partial charge in [-0.1, -0.05) is 26.0 Å². The highest BCUT2D eigenvalue weighted by Crippen LogP contribution is 2.30. The predicted molar refractivity (Wildman–Crippen MR) is 82.6 cm³/mol. The third kappa shape index (κ3) is 4.38. The number of nitrogens with two attached hydrogens (primary N) is 1. The maximum absolute atomic E-state index is 12.5. The van der Waals surface area contributed by atoms with Crippen molar-refractivity contribution < 1.29 is 13.2 Å². The van der Waals surface area contributed by atoms with E-state index in [2.05, 4.69) is 0 Å². The average Bonchev–Trinajstić information content (AvgIpc) is 2.38. The van der Waals surface area contributed by atoms with E-state index >= 15 is 0 Å². The summed E-state index contributed by atoms with van der Waals surface area (Å²) in [5.74, 6) is 0.724. The van der Waals surface area contributed by atoms with Crippen molar-refractivity contribution in [2.45, 2.75) is 20.3 Å². The van der Waals surface area contributed by atoms with Crippen LogP contribution in [0.4, 0.5) is 5.69 Å². The summed E-state index contributed by atoms with van der Waals surface area (Å²) in [7, 11) is -1.85. The molecule has 0 saturated carbocycles. The van der Waals surface area contributed by atoms with E-state index in [1.54, 1.807) is 18.2 Å². The Morgan fingerprint density at radius 1 is 1.30 bits per heavy atom. The van der Waals surface area contributed by atoms with Crippen LogP contribution in [-0.2, 0) is 10.0 Å². The number of sulfonamides is 1. The minimum absolute atomic E-state index is 0.0649. The molecule has 1 aromatic rings. The first kappa shape index (κ1) is 16.8. The third-order valence-corrected chi connectivity index (χ3v) is 4.94. The molecule has 0 atom stereocenters. The molecule has 0 saturated heterocycles. The van der Waals surface area contributed by atoms with Crippen molar-refractivity contribution in [3.8, 4) is 5.75 Å². The topological polar surface area (TPSA) is 72.6 Å². The number of nitrogens with zero attached hydrogens (tertiary/aromatic N) is 1. The highest BCUT2D eigenvalue weighted by atomic mass is 32.2. The lowest BCUT2D eigenvalue weighted by Crippen LogP contribution is -2.36. The van der Waals surface area contributed by atoms with E-state index in [1.807, 2.05) is 19.9 Å². The second kappa shape index (κ2) is 7.50. The lowest BCUT2D eigenvalue weighted by Gasteiger charge is -2.26. The summed E-state index contributed by atoms with van der Waals surface area (Å²) in [6.07, 6.45) is 0.607. The smallest absolute Gasteiger partial charge is 0.235 e. The van der Waals surface area contributed by atoms with Gasteiger partial charge >= 0.3 is 0 Å². The summed E-state index contributed by atoms with van der Waals surface area (Å²) in [6, 6.07) is 7.14. The number of hydrogen-bond acceptors (Lipinski definition) is 4. The van der Waals surface area contributed by atoms with Crippen molar-refractivity contribution in [3.05, 3.63) is 24.3 Å². The van der Waals surface area contributed by atoms with E-state index in [-0.39, 0.29) is 11.7 Å². The quantitative estimate of drug-likeness (QED) is 0.795. The van der Waals surface area contributed by atoms with Crippen LogP contribution in [0.2, 0.25) is 0 Å². The van der Waals surface area contributed by atoms with Crippen molar-refractivity contribution >= 4 is 15.7 Å². The van der Waals surface area contributed by atoms with E-state index in [1.165, 1.54) is 11.4 Å². The summed E-state index contributed by atoms with van der Waals surface area (Å²) in [6.45, 7) is 4.59. The average molecular weight is 300 g/mol. The van der Waals surface area contributed by atoms with Crippen molar-refractivity contribution in [3.63, 3.8) is 0 Å². The molecule has 1 rings (SSSR count). The normalized spacial score (nSPS) is 11.7. The SMILES string of the molecule is COc1ccccc1N(CCCN)S(=O)(=O)CC(C)C. The van der Waals surface area contributed by atoms with Crippen molar-refractivity contribution in [1.82, 2.24) is 0 Å². The van der Waals surface area contributed by atoms with E-state index < -0.39 is 10.0 Å². The minimum atomic E-state index is -3.38. The molecule has 0 amide bonds. The van der Waals surface area contributed by atoms with Crippen LogP contribution in [0, 0.1) is 5.92 Å². The second-order valence-electron chi connectivity index (χ2n) is 5.06. The van der Waals surface area contributed by atoms with Crippen LogP contribution in [0.15, 0.2) is 24.3 Å². The molecule has 0 aromatic heterocycles. The molecule has 0 unspecified atom stereocenters. The predicted octanol–water partition coefficient (Wildman–Crippen LogP) is 1.84. The molecule has 0 heterocycles. The zero-order chi connectivity index (χ0) is 15.2. The Kier molecular flexibility index (Phi) is 6.29. The van der Waals surface area contributed by atoms with Gasteiger partial charge in [0.1, 0.15) is 5.75 Å². The van der Waals surface area contributed by atoms with Crippen LogP contribution < -0.4 is 14.8 Å². The van der Waals surface area contributed by atoms with Gasteiger partial charge in [-0.2, -0.15) is 0 Å². The van der Waals surface area contributed by atoms with Gasteiger partial charge in [-0.3, -0.25) is 4.31 Å². The molecule has 5 nitrogen and oxygen atoms in total. The number of para-hydroxylation sites is 2. The first-order chi connectivity index (χ1) is 9.42. The molecular formula is C14H24N2O3S. The molecule has 0 bridgehead atoms. The molecule has 0 fully saturated rings. The minimum Gasteiger partial charge on any atom is -0.495 e. The van der Waals surface area contributed by atoms with Gasteiger partial charge in [0.2, 0.25) is 10.0 Å². The van der Waals surface area contributed by atoms with Gasteiger partial charge in [0.05, 0.1) is 18.6 Å². The molecule has 0 spiro atoms. The molecule has 20 heavy (non-hydrogen) atoms. The van der Waals surface area contributed by atoms with Gasteiger partial charge in [0, 0.05) is 6.54 Å². The number of benzene rings is 1. The molecule has 2 N–H and O–H groups in total. The maximum atomic E-state index is 12.5. The number of hydrogen-bond donors (Lipinski definition) is 1. The van der Waals surface area contributed by atoms with Crippen LogP contribution in [0.5, 0.6) is 5.75 Å². The summed E-state index contributed by atoms with van der Waals surface area (Å²) in [5.41, 5.74) is 6.09. The number of anilines is 1. The Morgan fingerprint density at radius 2 is 1.95 bits per heavy atom. The van der Waals surface area contributed by atoms with E-state index in [0.717, 1.165) is 0 Å². The second-order valence-corrected chi connectivity index (χ2v) is 7.00. The summed E-state index contributed by atoms with van der Waals surface area (Å²) in [5, 5.41) is 0. The molecule has 0 aliphatic rings. The number of rotatable bonds is 8. The standard InChI is InChI=1S/C14H24N2O3S/c1-12(2)11-20(17,18)16(10-6-9-15)13-7-4-5-8-14(13)19-3/h4-5,7-8,12H,6,9-11,15H2,1-3H3. The zero-order valence-corrected chi connectivity index (χ0v) is 13.2. The maximum Gasteiger partial charge on any atom is 0.235 e. The van der Waals surface area contributed by atoms with Gasteiger partial charge in [0.15, 0.2) is 0 Å². The molecule has 1 aromatic carbocycles. The Morgan fingerprint density at radius 3 is 2.50 bits per heavy atom. The van der Waals surface area contributed by atoms with Gasteiger partial charge in [-0.15, -0.1) is 0 Å². The number of ether oxygens (including phenoxy) is 1. The Bertz CT molecular complexity index is 515. The number of methoxy groups -OCH3 is 1. The van der Waals surface area contributed by atoms with Crippen LogP contribution in [0.25, 0.3) is 0 Å². The largest absolute Gasteiger partial charge is 0.495 e. The Balaban J connectivity index is 3.18. The summed E-state index contributed by atoms with van der Waals surface area (Å²) >= 11 is 0. The molecular weight excluding hydrogens is 276 g/mol. The summed E-state index contributed by atoms with van der Waals surface area (Å²) in [4.78, 5) is 0. The molecule has 6 heteroatoms. The highest BCUT2D eigenvalue weighted by molar-refractivity contribution is 7.92. The Hall–Kier alpha value is -1.27. The van der Waals surface area contributed by atoms with Crippen LogP contribution in [0.1, 0.15) is 20.3 Å². The highest BCUT2D eigenvalue weighted by Gasteiger charge is 2.25. The van der Waals surface area contributed by atoms with Gasteiger partial charge in [-0.05, 0) is 31.0 Å². The Labute approximate surface area is 121 Å². The monoisotopic (exact) mass is 300 g/mol. The fraction of sp³-hybridized carbons (Fsp3) is 0.571. The molecule has 0 radical (unpaired) electrons. The van der Waals surface area contributed by atoms with E-state index in [0.29, 0.717) is 30.9 Å². The van der Waals surface area contributed by atoms with E-state index in [4.69, 9.17) is 10.5 Å². The van der Waals surface area contributed by atoms with Gasteiger partial charge in [-0.25, -0.2) is 8.42 Å². The lowest BCUT2D eigenvalue weighted by atomic mass is 10.3. The fourth-order valence-electron chi connectivity index (χ4n) is 1.99. The van der Waals surface area contributed by atoms with Gasteiger partial charge < -0.3 is 10.5 Å².